The van der Waals surface area contributed by atoms with E-state index in [2.05, 4.69) is 33.0 Å². The quantitative estimate of drug-likeness (QED) is 0.0682. The number of aryl methyl sites for hydroxylation is 1. The molecule has 2 amide bonds. The number of nitrogens with two attached hydrogens (primary N) is 1. The van der Waals surface area contributed by atoms with Crippen LogP contribution in [-0.2, 0) is 32.2 Å². The Morgan fingerprint density at radius 1 is 0.882 bits per heavy atom. The lowest BCUT2D eigenvalue weighted by atomic mass is 9.99. The minimum atomic E-state index is -0.586. The highest BCUT2D eigenvalue weighted by molar-refractivity contribution is 8.01. The van der Waals surface area contributed by atoms with Crippen LogP contribution in [0.4, 0.5) is 11.4 Å². The van der Waals surface area contributed by atoms with Gasteiger partial charge in [-0.15, -0.1) is 10.2 Å². The number of hydrogen-bond acceptors (Lipinski definition) is 10. The number of nitrogens with zero attached hydrogens (tertiary/aromatic N) is 2. The van der Waals surface area contributed by atoms with E-state index in [0.717, 1.165) is 42.7 Å². The van der Waals surface area contributed by atoms with Crippen LogP contribution in [0.1, 0.15) is 65.3 Å². The number of hydrogen-bond donors (Lipinski definition) is 4. The van der Waals surface area contributed by atoms with Gasteiger partial charge in [-0.1, -0.05) is 95.9 Å². The molecule has 12 heteroatoms. The molecule has 0 unspecified atom stereocenters. The Morgan fingerprint density at radius 2 is 1.65 bits per heavy atom. The van der Waals surface area contributed by atoms with Gasteiger partial charge in [-0.25, -0.2) is 0 Å². The number of anilines is 2. The zero-order chi connectivity index (χ0) is 35.6. The summed E-state index contributed by atoms with van der Waals surface area (Å²) >= 11 is 3.22. The van der Waals surface area contributed by atoms with Crippen molar-refractivity contribution >= 4 is 46.3 Å². The molecule has 1 fully saturated rings. The van der Waals surface area contributed by atoms with Crippen molar-refractivity contribution in [2.45, 2.75) is 68.6 Å². The number of nitrogen functional groups attached to an aromatic ring is 1. The number of carbonyl (C=O) groups is 2. The summed E-state index contributed by atoms with van der Waals surface area (Å²) in [5.41, 5.74) is 12.7. The Bertz CT molecular complexity index is 1940. The minimum absolute atomic E-state index is 0.00929. The maximum atomic E-state index is 12.6. The molecule has 5 N–H and O–H groups in total. The van der Waals surface area contributed by atoms with Gasteiger partial charge in [-0.2, -0.15) is 0 Å². The van der Waals surface area contributed by atoms with E-state index in [-0.39, 0.29) is 43.5 Å². The lowest BCUT2D eigenvalue weighted by Crippen LogP contribution is -2.31. The molecule has 51 heavy (non-hydrogen) atoms. The predicted octanol–water partition coefficient (Wildman–Crippen LogP) is 7.35. The van der Waals surface area contributed by atoms with Gasteiger partial charge in [0.25, 0.3) is 0 Å². The molecule has 1 aliphatic heterocycles. The number of nitrogens with one attached hydrogen (secondary N) is 2. The summed E-state index contributed by atoms with van der Waals surface area (Å²) in [6, 6.07) is 31.2. The van der Waals surface area contributed by atoms with E-state index in [0.29, 0.717) is 36.5 Å². The van der Waals surface area contributed by atoms with Crippen molar-refractivity contribution in [3.05, 3.63) is 124 Å². The zero-order valence-corrected chi connectivity index (χ0v) is 29.9. The van der Waals surface area contributed by atoms with Crippen molar-refractivity contribution < 1.29 is 24.2 Å². The fourth-order valence-corrected chi connectivity index (χ4v) is 7.63. The average Bonchev–Trinajstić information content (AvgIpc) is 3.59. The summed E-state index contributed by atoms with van der Waals surface area (Å²) in [4.78, 5) is 24.9. The summed E-state index contributed by atoms with van der Waals surface area (Å²) in [7, 11) is 0. The van der Waals surface area contributed by atoms with Gasteiger partial charge in [0.15, 0.2) is 10.6 Å². The topological polar surface area (TPSA) is 149 Å². The number of benzene rings is 4. The third kappa shape index (κ3) is 10.2. The monoisotopic (exact) mass is 723 g/mol. The second-order valence-corrected chi connectivity index (χ2v) is 14.8. The first-order valence-electron chi connectivity index (χ1n) is 16.9. The van der Waals surface area contributed by atoms with Crippen LogP contribution >= 0.6 is 23.1 Å². The van der Waals surface area contributed by atoms with Crippen LogP contribution in [0.3, 0.4) is 0 Å². The Hall–Kier alpha value is -4.59. The molecular formula is C39H41N5O5S2. The minimum Gasteiger partial charge on any atom is -0.397 e. The zero-order valence-electron chi connectivity index (χ0n) is 28.3. The number of carbonyl (C=O) groups excluding carboxylic acids is 2. The molecule has 1 aromatic heterocycles. The molecule has 0 saturated carbocycles. The molecule has 1 saturated heterocycles. The number of aliphatic hydroxyl groups is 1. The number of ether oxygens (including phenoxy) is 2. The highest BCUT2D eigenvalue weighted by Crippen LogP contribution is 2.40. The van der Waals surface area contributed by atoms with Crippen molar-refractivity contribution in [1.29, 1.82) is 0 Å². The Balaban J connectivity index is 1.07. The van der Waals surface area contributed by atoms with Crippen molar-refractivity contribution in [2.24, 2.45) is 0 Å². The molecule has 1 aliphatic rings. The molecule has 0 aliphatic carbocycles. The van der Waals surface area contributed by atoms with Gasteiger partial charge in [0.05, 0.1) is 30.2 Å². The molecule has 0 spiro atoms. The SMILES string of the molecule is Cc1nnc(SC[C@H]2C[C@@H](c3ccc(CO)cc3)O[C@@H](c3cccc(-c4cccc(CNC(=O)CCCC(=O)Nc5ccccc5N)c4)c3)O2)s1. The van der Waals surface area contributed by atoms with Crippen LogP contribution in [0.5, 0.6) is 0 Å². The van der Waals surface area contributed by atoms with E-state index in [1.807, 2.05) is 67.6 Å². The number of thioether (sulfide) groups is 1. The Morgan fingerprint density at radius 3 is 2.41 bits per heavy atom. The normalized spacial score (nSPS) is 17.2. The van der Waals surface area contributed by atoms with Gasteiger partial charge in [-0.05, 0) is 65.4 Å². The second kappa shape index (κ2) is 17.6. The van der Waals surface area contributed by atoms with Crippen LogP contribution in [0.2, 0.25) is 0 Å². The van der Waals surface area contributed by atoms with Crippen molar-refractivity contribution in [3.63, 3.8) is 0 Å². The molecule has 0 bridgehead atoms. The van der Waals surface area contributed by atoms with E-state index in [4.69, 9.17) is 15.2 Å². The Labute approximate surface area is 305 Å². The molecular weight excluding hydrogens is 683 g/mol. The van der Waals surface area contributed by atoms with Crippen LogP contribution in [0.25, 0.3) is 11.1 Å². The maximum Gasteiger partial charge on any atom is 0.224 e. The summed E-state index contributed by atoms with van der Waals surface area (Å²) < 4.78 is 14.1. The third-order valence-electron chi connectivity index (χ3n) is 8.47. The highest BCUT2D eigenvalue weighted by atomic mass is 32.2. The Kier molecular flexibility index (Phi) is 12.5. The maximum absolute atomic E-state index is 12.6. The van der Waals surface area contributed by atoms with Crippen LogP contribution in [0.15, 0.2) is 101 Å². The summed E-state index contributed by atoms with van der Waals surface area (Å²) in [6.45, 7) is 2.31. The first-order valence-corrected chi connectivity index (χ1v) is 18.7. The molecule has 4 aromatic carbocycles. The number of para-hydroxylation sites is 2. The standard InChI is InChI=1S/C39H41N5O5S2/c1-25-43-44-39(51-25)50-24-32-21-35(28-17-15-26(23-45)16-18-28)49-38(48-32)31-10-5-9-30(20-31)29-8-4-7-27(19-29)22-41-36(46)13-6-14-37(47)42-34-12-3-2-11-33(34)40/h2-5,7-12,15-20,32,35,38,45H,6,13-14,21-24,40H2,1H3,(H,41,46)(H,42,47)/t32-,35+,38+/m1/s1. The molecule has 6 rings (SSSR count). The van der Waals surface area contributed by atoms with Gasteiger partial charge in [-0.3, -0.25) is 9.59 Å². The van der Waals surface area contributed by atoms with Gasteiger partial charge in [0.2, 0.25) is 11.8 Å². The fraction of sp³-hybridized carbons (Fsp3) is 0.282. The molecule has 2 heterocycles. The van der Waals surface area contributed by atoms with E-state index in [9.17, 15) is 14.7 Å². The van der Waals surface area contributed by atoms with Crippen LogP contribution in [-0.4, -0.2) is 39.0 Å². The van der Waals surface area contributed by atoms with Crippen molar-refractivity contribution in [1.82, 2.24) is 15.5 Å². The molecule has 3 atom stereocenters. The second-order valence-electron chi connectivity index (χ2n) is 12.3. The van der Waals surface area contributed by atoms with Crippen molar-refractivity contribution in [3.8, 4) is 11.1 Å². The van der Waals surface area contributed by atoms with Gasteiger partial charge >= 0.3 is 0 Å². The van der Waals surface area contributed by atoms with E-state index >= 15 is 0 Å². The summed E-state index contributed by atoms with van der Waals surface area (Å²) in [5.74, 6) is 0.420. The number of aromatic nitrogens is 2. The lowest BCUT2D eigenvalue weighted by molar-refractivity contribution is -0.245. The lowest BCUT2D eigenvalue weighted by Gasteiger charge is -2.36. The van der Waals surface area contributed by atoms with Gasteiger partial charge in [0, 0.05) is 37.1 Å². The van der Waals surface area contributed by atoms with Crippen LogP contribution in [0, 0.1) is 6.92 Å². The van der Waals surface area contributed by atoms with Gasteiger partial charge in [0.1, 0.15) is 5.01 Å². The van der Waals surface area contributed by atoms with Crippen molar-refractivity contribution in [2.75, 3.05) is 16.8 Å². The first-order chi connectivity index (χ1) is 24.8. The fourth-order valence-electron chi connectivity index (χ4n) is 5.77. The molecule has 264 valence electrons. The molecule has 5 aromatic rings. The highest BCUT2D eigenvalue weighted by Gasteiger charge is 2.32. The predicted molar refractivity (Wildman–Crippen MR) is 201 cm³/mol. The smallest absolute Gasteiger partial charge is 0.224 e. The summed E-state index contributed by atoms with van der Waals surface area (Å²) in [6.07, 6.45) is 0.716. The largest absolute Gasteiger partial charge is 0.397 e. The van der Waals surface area contributed by atoms with Crippen LogP contribution < -0.4 is 16.4 Å². The number of rotatable bonds is 14. The molecule has 0 radical (unpaired) electrons. The van der Waals surface area contributed by atoms with E-state index < -0.39 is 6.29 Å². The molecule has 10 nitrogen and oxygen atoms in total. The first kappa shape index (κ1) is 36.2. The average molecular weight is 724 g/mol. The van der Waals surface area contributed by atoms with E-state index in [1.54, 1.807) is 47.4 Å². The number of amides is 2. The van der Waals surface area contributed by atoms with Gasteiger partial charge < -0.3 is 30.9 Å². The number of aliphatic hydroxyl groups excluding tert-OH is 1. The third-order valence-corrected chi connectivity index (χ3v) is 10.6. The summed E-state index contributed by atoms with van der Waals surface area (Å²) in [5, 5.41) is 24.6. The van der Waals surface area contributed by atoms with E-state index in [1.165, 1.54) is 0 Å².